The molecule has 1 N–H and O–H groups in total. The minimum atomic E-state index is 0.692. The van der Waals surface area contributed by atoms with Gasteiger partial charge in [0.2, 0.25) is 0 Å². The van der Waals surface area contributed by atoms with Gasteiger partial charge in [0.1, 0.15) is 0 Å². The molecule has 0 aliphatic carbocycles. The summed E-state index contributed by atoms with van der Waals surface area (Å²) in [5.74, 6) is 0. The third kappa shape index (κ3) is 3.33. The number of anilines is 1. The van der Waals surface area contributed by atoms with Crippen LogP contribution >= 0.6 is 11.3 Å². The van der Waals surface area contributed by atoms with E-state index >= 15 is 0 Å². The zero-order valence-electron chi connectivity index (χ0n) is 11.9. The average molecular weight is 276 g/mol. The van der Waals surface area contributed by atoms with Crippen LogP contribution < -0.4 is 5.32 Å². The molecule has 0 unspecified atom stereocenters. The number of hydrogen-bond donors (Lipinski definition) is 1. The number of nitrogens with one attached hydrogen (secondary N) is 1. The topological polar surface area (TPSA) is 34.1 Å². The van der Waals surface area contributed by atoms with Gasteiger partial charge in [-0.05, 0) is 31.9 Å². The van der Waals surface area contributed by atoms with E-state index < -0.39 is 0 Å². The largest absolute Gasteiger partial charge is 0.383 e. The zero-order valence-corrected chi connectivity index (χ0v) is 12.7. The Morgan fingerprint density at radius 3 is 2.53 bits per heavy atom. The first-order valence-corrected chi connectivity index (χ1v) is 7.26. The van der Waals surface area contributed by atoms with Gasteiger partial charge in [0.05, 0.1) is 12.3 Å². The number of hydrogen-bond acceptors (Lipinski definition) is 4. The van der Waals surface area contributed by atoms with Gasteiger partial charge in [-0.3, -0.25) is 0 Å². The molecular formula is C15H20N2OS. The minimum Gasteiger partial charge on any atom is -0.383 e. The molecule has 0 bridgehead atoms. The number of aryl methyl sites for hydroxylation is 3. The Balaban J connectivity index is 2.23. The van der Waals surface area contributed by atoms with Gasteiger partial charge in [-0.15, -0.1) is 11.3 Å². The van der Waals surface area contributed by atoms with Crippen molar-refractivity contribution in [3.05, 3.63) is 34.2 Å². The Kier molecular flexibility index (Phi) is 4.56. The van der Waals surface area contributed by atoms with Gasteiger partial charge >= 0.3 is 0 Å². The average Bonchev–Trinajstić information content (AvgIpc) is 2.76. The summed E-state index contributed by atoms with van der Waals surface area (Å²) in [5.41, 5.74) is 6.17. The van der Waals surface area contributed by atoms with Crippen molar-refractivity contribution in [3.8, 4) is 11.3 Å². The zero-order chi connectivity index (χ0) is 13.8. The van der Waals surface area contributed by atoms with E-state index in [-0.39, 0.29) is 0 Å². The maximum absolute atomic E-state index is 5.02. The molecule has 1 aromatic carbocycles. The van der Waals surface area contributed by atoms with Crippen molar-refractivity contribution >= 4 is 16.5 Å². The highest BCUT2D eigenvalue weighted by Crippen LogP contribution is 2.30. The standard InChI is InChI=1S/C15H20N2OS/c1-10-7-11(2)14(12(3)8-10)13-9-19-15(17-13)16-5-6-18-4/h7-9H,5-6H2,1-4H3,(H,16,17). The summed E-state index contributed by atoms with van der Waals surface area (Å²) in [6, 6.07) is 4.42. The highest BCUT2D eigenvalue weighted by molar-refractivity contribution is 7.14. The first-order chi connectivity index (χ1) is 9.11. The second-order valence-electron chi connectivity index (χ2n) is 4.73. The fraction of sp³-hybridized carbons (Fsp3) is 0.400. The summed E-state index contributed by atoms with van der Waals surface area (Å²) in [7, 11) is 1.70. The lowest BCUT2D eigenvalue weighted by Crippen LogP contribution is -2.07. The van der Waals surface area contributed by atoms with E-state index in [1.165, 1.54) is 22.3 Å². The molecule has 0 aliphatic heterocycles. The van der Waals surface area contributed by atoms with E-state index in [2.05, 4.69) is 48.6 Å². The number of nitrogens with zero attached hydrogens (tertiary/aromatic N) is 1. The highest BCUT2D eigenvalue weighted by Gasteiger charge is 2.10. The van der Waals surface area contributed by atoms with Crippen LogP contribution in [0.1, 0.15) is 16.7 Å². The molecule has 2 rings (SSSR count). The van der Waals surface area contributed by atoms with Crippen LogP contribution in [-0.4, -0.2) is 25.2 Å². The third-order valence-corrected chi connectivity index (χ3v) is 3.82. The molecule has 4 heteroatoms. The summed E-state index contributed by atoms with van der Waals surface area (Å²) in [6.45, 7) is 7.90. The molecule has 102 valence electrons. The van der Waals surface area contributed by atoms with E-state index in [9.17, 15) is 0 Å². The molecule has 0 amide bonds. The molecule has 0 atom stereocenters. The maximum atomic E-state index is 5.02. The lowest BCUT2D eigenvalue weighted by molar-refractivity contribution is 0.211. The van der Waals surface area contributed by atoms with Gasteiger partial charge in [0.25, 0.3) is 0 Å². The van der Waals surface area contributed by atoms with Gasteiger partial charge in [0.15, 0.2) is 5.13 Å². The number of methoxy groups -OCH3 is 1. The first kappa shape index (κ1) is 14.0. The number of aromatic nitrogens is 1. The van der Waals surface area contributed by atoms with Gasteiger partial charge in [0, 0.05) is 24.6 Å². The van der Waals surface area contributed by atoms with Crippen molar-refractivity contribution in [2.75, 3.05) is 25.6 Å². The quantitative estimate of drug-likeness (QED) is 0.844. The molecule has 1 aromatic heterocycles. The van der Waals surface area contributed by atoms with E-state index in [0.717, 1.165) is 17.4 Å². The van der Waals surface area contributed by atoms with Gasteiger partial charge in [-0.25, -0.2) is 4.98 Å². The van der Waals surface area contributed by atoms with Crippen LogP contribution in [0.2, 0.25) is 0 Å². The minimum absolute atomic E-state index is 0.692. The van der Waals surface area contributed by atoms with Crippen LogP contribution in [-0.2, 0) is 4.74 Å². The third-order valence-electron chi connectivity index (χ3n) is 3.02. The van der Waals surface area contributed by atoms with Crippen LogP contribution in [0, 0.1) is 20.8 Å². The second kappa shape index (κ2) is 6.17. The molecule has 2 aromatic rings. The van der Waals surface area contributed by atoms with E-state index in [0.29, 0.717) is 6.61 Å². The van der Waals surface area contributed by atoms with Crippen molar-refractivity contribution < 1.29 is 4.74 Å². The highest BCUT2D eigenvalue weighted by atomic mass is 32.1. The molecule has 0 fully saturated rings. The predicted octanol–water partition coefficient (Wildman–Crippen LogP) is 3.79. The van der Waals surface area contributed by atoms with Crippen LogP contribution in [0.5, 0.6) is 0 Å². The predicted molar refractivity (Wildman–Crippen MR) is 82.1 cm³/mol. The van der Waals surface area contributed by atoms with E-state index in [1.807, 2.05) is 0 Å². The van der Waals surface area contributed by atoms with Crippen LogP contribution in [0.25, 0.3) is 11.3 Å². The van der Waals surface area contributed by atoms with Gasteiger partial charge < -0.3 is 10.1 Å². The molecule has 0 aliphatic rings. The van der Waals surface area contributed by atoms with Crippen molar-refractivity contribution in [1.29, 1.82) is 0 Å². The fourth-order valence-corrected chi connectivity index (χ4v) is 3.04. The van der Waals surface area contributed by atoms with E-state index in [1.54, 1.807) is 18.4 Å². The summed E-state index contributed by atoms with van der Waals surface area (Å²) < 4.78 is 5.02. The van der Waals surface area contributed by atoms with E-state index in [4.69, 9.17) is 4.74 Å². The van der Waals surface area contributed by atoms with Crippen molar-refractivity contribution in [2.24, 2.45) is 0 Å². The number of ether oxygens (including phenoxy) is 1. The van der Waals surface area contributed by atoms with Gasteiger partial charge in [-0.1, -0.05) is 17.7 Å². The molecule has 19 heavy (non-hydrogen) atoms. The second-order valence-corrected chi connectivity index (χ2v) is 5.59. The fourth-order valence-electron chi connectivity index (χ4n) is 2.31. The van der Waals surface area contributed by atoms with Gasteiger partial charge in [-0.2, -0.15) is 0 Å². The molecule has 0 saturated heterocycles. The summed E-state index contributed by atoms with van der Waals surface area (Å²) in [4.78, 5) is 4.66. The maximum Gasteiger partial charge on any atom is 0.183 e. The number of thiazole rings is 1. The Labute approximate surface area is 118 Å². The first-order valence-electron chi connectivity index (χ1n) is 6.38. The number of benzene rings is 1. The monoisotopic (exact) mass is 276 g/mol. The summed E-state index contributed by atoms with van der Waals surface area (Å²) in [5, 5.41) is 6.33. The normalized spacial score (nSPS) is 10.7. The summed E-state index contributed by atoms with van der Waals surface area (Å²) >= 11 is 1.64. The molecule has 3 nitrogen and oxygen atoms in total. The smallest absolute Gasteiger partial charge is 0.183 e. The Bertz CT molecular complexity index is 540. The lowest BCUT2D eigenvalue weighted by atomic mass is 9.98. The number of rotatable bonds is 5. The van der Waals surface area contributed by atoms with Crippen molar-refractivity contribution in [2.45, 2.75) is 20.8 Å². The molecule has 1 heterocycles. The Morgan fingerprint density at radius 1 is 1.21 bits per heavy atom. The van der Waals surface area contributed by atoms with Crippen LogP contribution in [0.15, 0.2) is 17.5 Å². The van der Waals surface area contributed by atoms with Crippen LogP contribution in [0.3, 0.4) is 0 Å². The summed E-state index contributed by atoms with van der Waals surface area (Å²) in [6.07, 6.45) is 0. The molecular weight excluding hydrogens is 256 g/mol. The molecule has 0 radical (unpaired) electrons. The van der Waals surface area contributed by atoms with Crippen molar-refractivity contribution in [1.82, 2.24) is 4.98 Å². The molecule has 0 saturated carbocycles. The Morgan fingerprint density at radius 2 is 1.89 bits per heavy atom. The SMILES string of the molecule is COCCNc1nc(-c2c(C)cc(C)cc2C)cs1. The molecule has 0 spiro atoms. The Hall–Kier alpha value is -1.39. The van der Waals surface area contributed by atoms with Crippen LogP contribution in [0.4, 0.5) is 5.13 Å². The lowest BCUT2D eigenvalue weighted by Gasteiger charge is -2.08. The van der Waals surface area contributed by atoms with Crippen molar-refractivity contribution in [3.63, 3.8) is 0 Å².